The number of tetrazole rings is 1. The maximum absolute atomic E-state index is 13.2. The Morgan fingerprint density at radius 2 is 1.72 bits per heavy atom. The highest BCUT2D eigenvalue weighted by Gasteiger charge is 2.28. The van der Waals surface area contributed by atoms with E-state index < -0.39 is 0 Å². The highest BCUT2D eigenvalue weighted by molar-refractivity contribution is 6.21. The minimum absolute atomic E-state index is 0. The van der Waals surface area contributed by atoms with Crippen molar-refractivity contribution < 1.29 is 14.3 Å². The molecule has 10 nitrogen and oxygen atoms in total. The first-order valence-corrected chi connectivity index (χ1v) is 12.1. The molecule has 1 aliphatic rings. The van der Waals surface area contributed by atoms with Crippen LogP contribution in [0.1, 0.15) is 17.9 Å². The molecule has 11 heteroatoms. The van der Waals surface area contributed by atoms with Gasteiger partial charge in [0.25, 0.3) is 0 Å². The fourth-order valence-corrected chi connectivity index (χ4v) is 4.73. The van der Waals surface area contributed by atoms with Gasteiger partial charge in [-0.15, -0.1) is 17.5 Å². The third-order valence-electron chi connectivity index (χ3n) is 6.51. The third-order valence-corrected chi connectivity index (χ3v) is 6.51. The number of hydrogen-bond donors (Lipinski definition) is 1. The molecule has 0 radical (unpaired) electrons. The Bertz CT molecular complexity index is 1670. The molecule has 0 spiro atoms. The molecule has 0 aliphatic carbocycles. The van der Waals surface area contributed by atoms with Crippen molar-refractivity contribution in [2.24, 2.45) is 0 Å². The Labute approximate surface area is 230 Å². The van der Waals surface area contributed by atoms with Crippen molar-refractivity contribution in [3.05, 3.63) is 90.5 Å². The van der Waals surface area contributed by atoms with Gasteiger partial charge in [0.05, 0.1) is 29.9 Å². The molecule has 3 heterocycles. The Morgan fingerprint density at radius 3 is 2.54 bits per heavy atom. The molecular formula is C28H24ClN7O3. The first kappa shape index (κ1) is 25.8. The largest absolute Gasteiger partial charge is 0.495 e. The van der Waals surface area contributed by atoms with Crippen LogP contribution in [0.15, 0.2) is 79.0 Å². The summed E-state index contributed by atoms with van der Waals surface area (Å²) in [7, 11) is 1.62. The zero-order chi connectivity index (χ0) is 26.1. The van der Waals surface area contributed by atoms with E-state index in [1.807, 2.05) is 72.8 Å². The number of carbonyl (C=O) groups is 2. The molecule has 0 fully saturated rings. The number of methoxy groups -OCH3 is 1. The van der Waals surface area contributed by atoms with Crippen LogP contribution in [0.4, 0.5) is 17.1 Å². The summed E-state index contributed by atoms with van der Waals surface area (Å²) in [6.45, 7) is 0. The average Bonchev–Trinajstić information content (AvgIpc) is 3.37. The summed E-state index contributed by atoms with van der Waals surface area (Å²) < 4.78 is 7.06. The minimum Gasteiger partial charge on any atom is -0.495 e. The van der Waals surface area contributed by atoms with Crippen molar-refractivity contribution in [2.45, 2.75) is 19.3 Å². The van der Waals surface area contributed by atoms with E-state index in [0.717, 1.165) is 27.9 Å². The van der Waals surface area contributed by atoms with E-state index in [1.165, 1.54) is 0 Å². The van der Waals surface area contributed by atoms with Crippen LogP contribution in [0.25, 0.3) is 16.5 Å². The minimum atomic E-state index is -0.338. The Balaban J connectivity index is 0.00000308. The number of aryl methyl sites for hydroxylation is 2. The molecule has 3 aromatic carbocycles. The third kappa shape index (κ3) is 4.89. The molecule has 1 N–H and O–H groups in total. The van der Waals surface area contributed by atoms with Gasteiger partial charge in [-0.2, -0.15) is 4.68 Å². The van der Waals surface area contributed by atoms with Gasteiger partial charge in [0.1, 0.15) is 12.2 Å². The lowest BCUT2D eigenvalue weighted by Gasteiger charge is -2.23. The van der Waals surface area contributed by atoms with E-state index >= 15 is 0 Å². The van der Waals surface area contributed by atoms with Gasteiger partial charge < -0.3 is 10.1 Å². The molecule has 5 aromatic rings. The van der Waals surface area contributed by atoms with Crippen LogP contribution in [0.2, 0.25) is 0 Å². The van der Waals surface area contributed by atoms with E-state index in [2.05, 4.69) is 25.8 Å². The number of amides is 2. The molecule has 196 valence electrons. The number of rotatable bonds is 6. The van der Waals surface area contributed by atoms with Crippen molar-refractivity contribution in [1.82, 2.24) is 25.2 Å². The molecule has 2 amide bonds. The van der Waals surface area contributed by atoms with E-state index in [0.29, 0.717) is 35.7 Å². The van der Waals surface area contributed by atoms with Crippen molar-refractivity contribution >= 4 is 52.1 Å². The fraction of sp³-hybridized carbons (Fsp3) is 0.143. The van der Waals surface area contributed by atoms with Gasteiger partial charge in [-0.05, 0) is 58.3 Å². The van der Waals surface area contributed by atoms with Crippen LogP contribution >= 0.6 is 12.4 Å². The lowest BCUT2D eigenvalue weighted by Crippen LogP contribution is -2.26. The molecular weight excluding hydrogens is 518 g/mol. The summed E-state index contributed by atoms with van der Waals surface area (Å²) in [5, 5.41) is 17.0. The summed E-state index contributed by atoms with van der Waals surface area (Å²) in [5.74, 6) is 0.744. The number of ether oxygens (including phenoxy) is 1. The van der Waals surface area contributed by atoms with Crippen LogP contribution in [0.3, 0.4) is 0 Å². The molecule has 39 heavy (non-hydrogen) atoms. The molecule has 0 bridgehead atoms. The van der Waals surface area contributed by atoms with E-state index in [4.69, 9.17) is 4.74 Å². The zero-order valence-corrected chi connectivity index (χ0v) is 21.8. The van der Waals surface area contributed by atoms with Gasteiger partial charge in [-0.1, -0.05) is 30.3 Å². The fourth-order valence-electron chi connectivity index (χ4n) is 4.73. The van der Waals surface area contributed by atoms with E-state index in [9.17, 15) is 9.59 Å². The lowest BCUT2D eigenvalue weighted by molar-refractivity contribution is -0.124. The van der Waals surface area contributed by atoms with Gasteiger partial charge >= 0.3 is 0 Å². The molecule has 0 atom stereocenters. The van der Waals surface area contributed by atoms with Crippen molar-refractivity contribution in [1.29, 1.82) is 0 Å². The van der Waals surface area contributed by atoms with Gasteiger partial charge in [0.15, 0.2) is 5.82 Å². The first-order chi connectivity index (χ1) is 18.6. The summed E-state index contributed by atoms with van der Waals surface area (Å²) in [6, 6.07) is 22.6. The quantitative estimate of drug-likeness (QED) is 0.316. The van der Waals surface area contributed by atoms with Gasteiger partial charge in [-0.25, -0.2) is 0 Å². The van der Waals surface area contributed by atoms with Crippen molar-refractivity contribution in [3.63, 3.8) is 0 Å². The number of nitrogens with one attached hydrogen (secondary N) is 1. The van der Waals surface area contributed by atoms with Crippen LogP contribution in [0, 0.1) is 0 Å². The standard InChI is InChI=1S/C28H23N7O3.ClH/c1-38-24-7-4-16-29-22(24)13-15-25-31-32-33-35(25)20-11-9-19(10-12-20)34-23-14-8-18-5-2-3-6-21(18)28(23)30-26(36)17-27(34)37;/h2-12,14,16H,13,15,17H2,1H3,(H,30,36);1H. The van der Waals surface area contributed by atoms with Crippen LogP contribution in [0.5, 0.6) is 5.75 Å². The summed E-state index contributed by atoms with van der Waals surface area (Å²) in [6.07, 6.45) is 2.64. The second kappa shape index (κ2) is 10.9. The summed E-state index contributed by atoms with van der Waals surface area (Å²) in [4.78, 5) is 31.7. The van der Waals surface area contributed by atoms with Crippen molar-refractivity contribution in [2.75, 3.05) is 17.3 Å². The Kier molecular flexibility index (Phi) is 7.20. The monoisotopic (exact) mass is 541 g/mol. The van der Waals surface area contributed by atoms with E-state index in [1.54, 1.807) is 22.9 Å². The van der Waals surface area contributed by atoms with Gasteiger partial charge in [0, 0.05) is 30.1 Å². The molecule has 2 aromatic heterocycles. The lowest BCUT2D eigenvalue weighted by atomic mass is 10.1. The normalized spacial score (nSPS) is 12.9. The first-order valence-electron chi connectivity index (χ1n) is 12.1. The zero-order valence-electron chi connectivity index (χ0n) is 20.9. The number of hydrogen-bond acceptors (Lipinski definition) is 7. The maximum Gasteiger partial charge on any atom is 0.241 e. The summed E-state index contributed by atoms with van der Waals surface area (Å²) in [5.41, 5.74) is 3.46. The second-order valence-electron chi connectivity index (χ2n) is 8.81. The number of pyridine rings is 1. The summed E-state index contributed by atoms with van der Waals surface area (Å²) >= 11 is 0. The van der Waals surface area contributed by atoms with Crippen molar-refractivity contribution in [3.8, 4) is 11.4 Å². The number of benzene rings is 3. The number of anilines is 3. The van der Waals surface area contributed by atoms with Crippen LogP contribution in [-0.2, 0) is 22.4 Å². The highest BCUT2D eigenvalue weighted by atomic mass is 35.5. The van der Waals surface area contributed by atoms with E-state index in [-0.39, 0.29) is 30.6 Å². The molecule has 6 rings (SSSR count). The smallest absolute Gasteiger partial charge is 0.241 e. The number of fused-ring (bicyclic) bond motifs is 3. The molecule has 0 unspecified atom stereocenters. The topological polar surface area (TPSA) is 115 Å². The molecule has 0 saturated heterocycles. The Morgan fingerprint density at radius 1 is 0.923 bits per heavy atom. The maximum atomic E-state index is 13.2. The second-order valence-corrected chi connectivity index (χ2v) is 8.81. The van der Waals surface area contributed by atoms with Gasteiger partial charge in [0.2, 0.25) is 11.8 Å². The highest BCUT2D eigenvalue weighted by Crippen LogP contribution is 2.40. The van der Waals surface area contributed by atoms with Gasteiger partial charge in [-0.3, -0.25) is 19.5 Å². The Hall–Kier alpha value is -4.83. The predicted octanol–water partition coefficient (Wildman–Crippen LogP) is 4.43. The number of aromatic nitrogens is 5. The molecule has 1 aliphatic heterocycles. The molecule has 0 saturated carbocycles. The number of halogens is 1. The predicted molar refractivity (Wildman–Crippen MR) is 149 cm³/mol. The number of nitrogens with zero attached hydrogens (tertiary/aromatic N) is 6. The SMILES string of the molecule is COc1cccnc1CCc1nnnn1-c1ccc(N2C(=O)CC(=O)Nc3c2ccc2ccccc32)cc1.Cl. The van der Waals surface area contributed by atoms with Crippen LogP contribution < -0.4 is 15.0 Å². The number of carbonyl (C=O) groups excluding carboxylic acids is 2. The average molecular weight is 542 g/mol. The van der Waals surface area contributed by atoms with Crippen LogP contribution in [-0.4, -0.2) is 44.1 Å².